The highest BCUT2D eigenvalue weighted by Crippen LogP contribution is 2.27. The first kappa shape index (κ1) is 13.1. The molecule has 0 N–H and O–H groups in total. The van der Waals surface area contributed by atoms with Gasteiger partial charge in [-0.2, -0.15) is 0 Å². The molecule has 1 aliphatic rings. The molecule has 2 nitrogen and oxygen atoms in total. The standard InChI is InChI=1S/C15H16ClNOS/c16-15-17-10-14(19-15)9-11-1-3-12(4-2-11)13-5-7-18-8-6-13/h1-4,10,13H,5-9H2. The van der Waals surface area contributed by atoms with Crippen LogP contribution in [-0.2, 0) is 11.2 Å². The molecule has 100 valence electrons. The molecular weight excluding hydrogens is 278 g/mol. The number of halogens is 1. The topological polar surface area (TPSA) is 22.1 Å². The normalized spacial score (nSPS) is 16.7. The predicted molar refractivity (Wildman–Crippen MR) is 79.2 cm³/mol. The van der Waals surface area contributed by atoms with E-state index in [1.54, 1.807) is 11.3 Å². The van der Waals surface area contributed by atoms with Crippen LogP contribution in [-0.4, -0.2) is 18.2 Å². The van der Waals surface area contributed by atoms with Gasteiger partial charge in [0.15, 0.2) is 4.47 Å². The van der Waals surface area contributed by atoms with E-state index in [0.717, 1.165) is 32.5 Å². The van der Waals surface area contributed by atoms with Gasteiger partial charge in [0.1, 0.15) is 0 Å². The first-order valence-corrected chi connectivity index (χ1v) is 7.77. The van der Waals surface area contributed by atoms with Gasteiger partial charge in [-0.3, -0.25) is 0 Å². The number of nitrogens with zero attached hydrogens (tertiary/aromatic N) is 1. The van der Waals surface area contributed by atoms with Crippen LogP contribution in [0.3, 0.4) is 0 Å². The Bertz CT molecular complexity index is 531. The van der Waals surface area contributed by atoms with Crippen LogP contribution in [0.4, 0.5) is 0 Å². The van der Waals surface area contributed by atoms with Crippen LogP contribution < -0.4 is 0 Å². The smallest absolute Gasteiger partial charge is 0.183 e. The number of rotatable bonds is 3. The van der Waals surface area contributed by atoms with E-state index in [1.165, 1.54) is 16.0 Å². The van der Waals surface area contributed by atoms with Gasteiger partial charge < -0.3 is 4.74 Å². The first-order valence-electron chi connectivity index (χ1n) is 6.58. The highest BCUT2D eigenvalue weighted by atomic mass is 35.5. The summed E-state index contributed by atoms with van der Waals surface area (Å²) in [5.41, 5.74) is 2.76. The average Bonchev–Trinajstić information content (AvgIpc) is 2.86. The van der Waals surface area contributed by atoms with Crippen LogP contribution in [0.25, 0.3) is 0 Å². The van der Waals surface area contributed by atoms with E-state index in [1.807, 2.05) is 6.20 Å². The maximum Gasteiger partial charge on any atom is 0.183 e. The maximum atomic E-state index is 5.85. The number of ether oxygens (including phenoxy) is 1. The van der Waals surface area contributed by atoms with Crippen LogP contribution >= 0.6 is 22.9 Å². The van der Waals surface area contributed by atoms with Crippen molar-refractivity contribution in [1.82, 2.24) is 4.98 Å². The molecule has 1 aromatic carbocycles. The Morgan fingerprint density at radius 2 is 1.95 bits per heavy atom. The van der Waals surface area contributed by atoms with Crippen molar-refractivity contribution in [2.75, 3.05) is 13.2 Å². The van der Waals surface area contributed by atoms with Crippen molar-refractivity contribution in [3.63, 3.8) is 0 Å². The van der Waals surface area contributed by atoms with E-state index >= 15 is 0 Å². The minimum Gasteiger partial charge on any atom is -0.381 e. The fraction of sp³-hybridized carbons (Fsp3) is 0.400. The summed E-state index contributed by atoms with van der Waals surface area (Å²) in [7, 11) is 0. The van der Waals surface area contributed by atoms with Gasteiger partial charge in [-0.1, -0.05) is 35.9 Å². The average molecular weight is 294 g/mol. The molecule has 1 aliphatic heterocycles. The Hall–Kier alpha value is -0.900. The Morgan fingerprint density at radius 3 is 2.58 bits per heavy atom. The molecule has 0 atom stereocenters. The number of thiazole rings is 1. The molecule has 2 aromatic rings. The summed E-state index contributed by atoms with van der Waals surface area (Å²) in [6.45, 7) is 1.79. The summed E-state index contributed by atoms with van der Waals surface area (Å²) in [6.07, 6.45) is 5.06. The van der Waals surface area contributed by atoms with Crippen molar-refractivity contribution < 1.29 is 4.74 Å². The van der Waals surface area contributed by atoms with Crippen molar-refractivity contribution in [3.8, 4) is 0 Å². The minimum absolute atomic E-state index is 0.619. The van der Waals surface area contributed by atoms with Crippen LogP contribution in [0, 0.1) is 0 Å². The molecule has 1 aromatic heterocycles. The van der Waals surface area contributed by atoms with Crippen molar-refractivity contribution >= 4 is 22.9 Å². The van der Waals surface area contributed by atoms with Gasteiger partial charge in [-0.15, -0.1) is 11.3 Å². The molecule has 3 rings (SSSR count). The molecule has 0 radical (unpaired) electrons. The summed E-state index contributed by atoms with van der Waals surface area (Å²) < 4.78 is 6.03. The third-order valence-corrected chi connectivity index (χ3v) is 4.69. The van der Waals surface area contributed by atoms with E-state index in [4.69, 9.17) is 16.3 Å². The summed E-state index contributed by atoms with van der Waals surface area (Å²) in [5, 5.41) is 0. The molecule has 0 amide bonds. The van der Waals surface area contributed by atoms with Gasteiger partial charge in [0.05, 0.1) is 0 Å². The second-order valence-electron chi connectivity index (χ2n) is 4.88. The molecule has 0 bridgehead atoms. The summed E-state index contributed by atoms with van der Waals surface area (Å²) >= 11 is 7.40. The van der Waals surface area contributed by atoms with E-state index < -0.39 is 0 Å². The molecule has 4 heteroatoms. The summed E-state index contributed by atoms with van der Waals surface area (Å²) in [5.74, 6) is 0.667. The summed E-state index contributed by atoms with van der Waals surface area (Å²) in [6, 6.07) is 8.96. The largest absolute Gasteiger partial charge is 0.381 e. The maximum absolute atomic E-state index is 5.85. The molecule has 0 saturated carbocycles. The molecule has 19 heavy (non-hydrogen) atoms. The zero-order chi connectivity index (χ0) is 13.1. The van der Waals surface area contributed by atoms with E-state index in [-0.39, 0.29) is 0 Å². The lowest BCUT2D eigenvalue weighted by Gasteiger charge is -2.22. The van der Waals surface area contributed by atoms with Gasteiger partial charge in [0, 0.05) is 30.7 Å². The Labute approximate surface area is 122 Å². The second kappa shape index (κ2) is 6.04. The lowest BCUT2D eigenvalue weighted by atomic mass is 9.91. The third kappa shape index (κ3) is 3.35. The van der Waals surface area contributed by atoms with E-state index in [2.05, 4.69) is 29.2 Å². The Morgan fingerprint density at radius 1 is 1.21 bits per heavy atom. The van der Waals surface area contributed by atoms with Crippen LogP contribution in [0.5, 0.6) is 0 Å². The molecule has 0 spiro atoms. The van der Waals surface area contributed by atoms with Crippen LogP contribution in [0.2, 0.25) is 4.47 Å². The van der Waals surface area contributed by atoms with Crippen LogP contribution in [0.1, 0.15) is 34.8 Å². The number of hydrogen-bond donors (Lipinski definition) is 0. The molecule has 1 saturated heterocycles. The predicted octanol–water partition coefficient (Wildman–Crippen LogP) is 4.28. The molecule has 1 fully saturated rings. The third-order valence-electron chi connectivity index (χ3n) is 3.58. The Balaban J connectivity index is 1.68. The molecular formula is C15H16ClNOS. The highest BCUT2D eigenvalue weighted by Gasteiger charge is 2.15. The van der Waals surface area contributed by atoms with E-state index in [9.17, 15) is 0 Å². The Kier molecular flexibility index (Phi) is 4.16. The second-order valence-corrected chi connectivity index (χ2v) is 6.58. The van der Waals surface area contributed by atoms with Crippen molar-refractivity contribution in [2.24, 2.45) is 0 Å². The van der Waals surface area contributed by atoms with E-state index in [0.29, 0.717) is 10.4 Å². The van der Waals surface area contributed by atoms with Gasteiger partial charge >= 0.3 is 0 Å². The van der Waals surface area contributed by atoms with Gasteiger partial charge in [-0.05, 0) is 29.9 Å². The number of hydrogen-bond acceptors (Lipinski definition) is 3. The molecule has 0 aliphatic carbocycles. The van der Waals surface area contributed by atoms with Crippen molar-refractivity contribution in [1.29, 1.82) is 0 Å². The quantitative estimate of drug-likeness (QED) is 0.842. The van der Waals surface area contributed by atoms with Gasteiger partial charge in [0.25, 0.3) is 0 Å². The van der Waals surface area contributed by atoms with Crippen molar-refractivity contribution in [3.05, 3.63) is 50.9 Å². The van der Waals surface area contributed by atoms with Crippen molar-refractivity contribution in [2.45, 2.75) is 25.2 Å². The lowest BCUT2D eigenvalue weighted by molar-refractivity contribution is 0.0853. The fourth-order valence-corrected chi connectivity index (χ4v) is 3.52. The zero-order valence-corrected chi connectivity index (χ0v) is 12.2. The first-order chi connectivity index (χ1) is 9.31. The minimum atomic E-state index is 0.619. The summed E-state index contributed by atoms with van der Waals surface area (Å²) in [4.78, 5) is 5.29. The highest BCUT2D eigenvalue weighted by molar-refractivity contribution is 7.15. The van der Waals surface area contributed by atoms with Gasteiger partial charge in [-0.25, -0.2) is 4.98 Å². The zero-order valence-electron chi connectivity index (χ0n) is 10.6. The SMILES string of the molecule is Clc1ncc(Cc2ccc(C3CCOCC3)cc2)s1. The van der Waals surface area contributed by atoms with Gasteiger partial charge in [0.2, 0.25) is 0 Å². The monoisotopic (exact) mass is 293 g/mol. The number of aromatic nitrogens is 1. The molecule has 0 unspecified atom stereocenters. The fourth-order valence-electron chi connectivity index (χ4n) is 2.51. The number of benzene rings is 1. The lowest BCUT2D eigenvalue weighted by Crippen LogP contribution is -2.13. The van der Waals surface area contributed by atoms with Crippen LogP contribution in [0.15, 0.2) is 30.5 Å². The molecule has 2 heterocycles.